The standard InChI is InChI=1S/C13H13N3O2/c1-8-2-3-10(9(6-8)7-14)15-11-4-5-12(17)16-13(11)18/h2-3,6,11,15H,4-5H2,1H3,(H,16,17,18). The van der Waals surface area contributed by atoms with E-state index in [9.17, 15) is 9.59 Å². The Bertz CT molecular complexity index is 546. The average Bonchev–Trinajstić information content (AvgIpc) is 2.34. The van der Waals surface area contributed by atoms with Gasteiger partial charge in [0.25, 0.3) is 0 Å². The fourth-order valence-corrected chi connectivity index (χ4v) is 1.90. The molecule has 1 atom stereocenters. The van der Waals surface area contributed by atoms with Gasteiger partial charge in [-0.05, 0) is 31.0 Å². The third-order valence-corrected chi connectivity index (χ3v) is 2.86. The molecule has 1 heterocycles. The second kappa shape index (κ2) is 4.88. The first kappa shape index (κ1) is 12.1. The van der Waals surface area contributed by atoms with Crippen molar-refractivity contribution in [2.24, 2.45) is 0 Å². The van der Waals surface area contributed by atoms with Gasteiger partial charge in [-0.15, -0.1) is 0 Å². The molecule has 1 aliphatic heterocycles. The molecule has 5 nitrogen and oxygen atoms in total. The van der Waals surface area contributed by atoms with Gasteiger partial charge >= 0.3 is 0 Å². The lowest BCUT2D eigenvalue weighted by Crippen LogP contribution is -2.47. The predicted octanol–water partition coefficient (Wildman–Crippen LogP) is 1.08. The summed E-state index contributed by atoms with van der Waals surface area (Å²) in [6.45, 7) is 1.90. The van der Waals surface area contributed by atoms with Gasteiger partial charge in [0.15, 0.2) is 0 Å². The van der Waals surface area contributed by atoms with Crippen LogP contribution in [0.4, 0.5) is 5.69 Å². The Morgan fingerprint density at radius 2 is 2.22 bits per heavy atom. The lowest BCUT2D eigenvalue weighted by atomic mass is 10.0. The van der Waals surface area contributed by atoms with Gasteiger partial charge in [0.1, 0.15) is 12.1 Å². The molecule has 1 aliphatic rings. The van der Waals surface area contributed by atoms with E-state index in [1.54, 1.807) is 12.1 Å². The van der Waals surface area contributed by atoms with Crippen LogP contribution in [0.2, 0.25) is 0 Å². The molecule has 18 heavy (non-hydrogen) atoms. The van der Waals surface area contributed by atoms with Crippen molar-refractivity contribution in [1.29, 1.82) is 5.26 Å². The quantitative estimate of drug-likeness (QED) is 0.761. The van der Waals surface area contributed by atoms with E-state index < -0.39 is 6.04 Å². The number of nitriles is 1. The van der Waals surface area contributed by atoms with Gasteiger partial charge in [0.05, 0.1) is 11.3 Å². The molecule has 0 radical (unpaired) electrons. The highest BCUT2D eigenvalue weighted by molar-refractivity contribution is 6.01. The molecule has 5 heteroatoms. The molecule has 0 bridgehead atoms. The van der Waals surface area contributed by atoms with Crippen LogP contribution in [-0.2, 0) is 9.59 Å². The topological polar surface area (TPSA) is 82.0 Å². The lowest BCUT2D eigenvalue weighted by Gasteiger charge is -2.23. The molecule has 0 aromatic heterocycles. The van der Waals surface area contributed by atoms with E-state index in [-0.39, 0.29) is 11.8 Å². The summed E-state index contributed by atoms with van der Waals surface area (Å²) < 4.78 is 0. The van der Waals surface area contributed by atoms with Crippen molar-refractivity contribution >= 4 is 17.5 Å². The summed E-state index contributed by atoms with van der Waals surface area (Å²) in [6, 6.07) is 7.03. The SMILES string of the molecule is Cc1ccc(NC2CCC(=O)NC2=O)c(C#N)c1. The van der Waals surface area contributed by atoms with Gasteiger partial charge in [-0.1, -0.05) is 6.07 Å². The monoisotopic (exact) mass is 243 g/mol. The zero-order valence-corrected chi connectivity index (χ0v) is 9.99. The van der Waals surface area contributed by atoms with Gasteiger partial charge in [-0.25, -0.2) is 0 Å². The fraction of sp³-hybridized carbons (Fsp3) is 0.308. The molecule has 1 aromatic rings. The number of aryl methyl sites for hydroxylation is 1. The maximum Gasteiger partial charge on any atom is 0.249 e. The van der Waals surface area contributed by atoms with Crippen LogP contribution in [0.3, 0.4) is 0 Å². The van der Waals surface area contributed by atoms with Crippen LogP contribution >= 0.6 is 0 Å². The summed E-state index contributed by atoms with van der Waals surface area (Å²) in [5, 5.41) is 14.3. The summed E-state index contributed by atoms with van der Waals surface area (Å²) in [4.78, 5) is 22.6. The van der Waals surface area contributed by atoms with E-state index in [1.165, 1.54) is 0 Å². The minimum Gasteiger partial charge on any atom is -0.373 e. The van der Waals surface area contributed by atoms with Crippen molar-refractivity contribution in [2.75, 3.05) is 5.32 Å². The van der Waals surface area contributed by atoms with Crippen molar-refractivity contribution in [3.8, 4) is 6.07 Å². The number of rotatable bonds is 2. The van der Waals surface area contributed by atoms with Crippen molar-refractivity contribution in [3.05, 3.63) is 29.3 Å². The van der Waals surface area contributed by atoms with Crippen molar-refractivity contribution in [2.45, 2.75) is 25.8 Å². The van der Waals surface area contributed by atoms with E-state index in [0.29, 0.717) is 24.1 Å². The number of hydrogen-bond acceptors (Lipinski definition) is 4. The predicted molar refractivity (Wildman–Crippen MR) is 65.7 cm³/mol. The second-order valence-corrected chi connectivity index (χ2v) is 4.31. The molecular weight excluding hydrogens is 230 g/mol. The van der Waals surface area contributed by atoms with Crippen LogP contribution in [0.15, 0.2) is 18.2 Å². The molecule has 92 valence electrons. The van der Waals surface area contributed by atoms with Crippen molar-refractivity contribution in [3.63, 3.8) is 0 Å². The van der Waals surface area contributed by atoms with Gasteiger partial charge in [-0.3, -0.25) is 14.9 Å². The highest BCUT2D eigenvalue weighted by Gasteiger charge is 2.26. The summed E-state index contributed by atoms with van der Waals surface area (Å²) in [5.41, 5.74) is 2.11. The number of piperidine rings is 1. The summed E-state index contributed by atoms with van der Waals surface area (Å²) in [7, 11) is 0. The molecule has 2 rings (SSSR count). The van der Waals surface area contributed by atoms with Crippen molar-refractivity contribution in [1.82, 2.24) is 5.32 Å². The largest absolute Gasteiger partial charge is 0.373 e. The van der Waals surface area contributed by atoms with Crippen LogP contribution in [0.25, 0.3) is 0 Å². The number of benzene rings is 1. The molecule has 1 unspecified atom stereocenters. The minimum absolute atomic E-state index is 0.248. The molecule has 2 amide bonds. The first-order chi connectivity index (χ1) is 8.60. The summed E-state index contributed by atoms with van der Waals surface area (Å²) in [5.74, 6) is -0.585. The van der Waals surface area contributed by atoms with Crippen LogP contribution in [0.1, 0.15) is 24.0 Å². The Labute approximate surface area is 105 Å². The van der Waals surface area contributed by atoms with E-state index in [2.05, 4.69) is 16.7 Å². The molecule has 1 fully saturated rings. The van der Waals surface area contributed by atoms with Crippen LogP contribution in [-0.4, -0.2) is 17.9 Å². The highest BCUT2D eigenvalue weighted by Crippen LogP contribution is 2.19. The number of anilines is 1. The third-order valence-electron chi connectivity index (χ3n) is 2.86. The third kappa shape index (κ3) is 2.48. The minimum atomic E-state index is -0.461. The number of nitrogens with one attached hydrogen (secondary N) is 2. The molecule has 1 saturated heterocycles. The van der Waals surface area contributed by atoms with Gasteiger partial charge in [0, 0.05) is 6.42 Å². The zero-order valence-electron chi connectivity index (χ0n) is 9.99. The maximum atomic E-state index is 11.6. The smallest absolute Gasteiger partial charge is 0.249 e. The van der Waals surface area contributed by atoms with Crippen molar-refractivity contribution < 1.29 is 9.59 Å². The second-order valence-electron chi connectivity index (χ2n) is 4.31. The molecule has 0 saturated carbocycles. The normalized spacial score (nSPS) is 19.0. The van der Waals surface area contributed by atoms with Gasteiger partial charge in [-0.2, -0.15) is 5.26 Å². The summed E-state index contributed by atoms with van der Waals surface area (Å²) in [6.07, 6.45) is 0.764. The molecule has 2 N–H and O–H groups in total. The number of carbonyl (C=O) groups excluding carboxylic acids is 2. The zero-order chi connectivity index (χ0) is 13.1. The van der Waals surface area contributed by atoms with E-state index in [4.69, 9.17) is 5.26 Å². The lowest BCUT2D eigenvalue weighted by molar-refractivity contribution is -0.133. The number of amides is 2. The number of carbonyl (C=O) groups is 2. The molecular formula is C13H13N3O2. The summed E-state index contributed by atoms with van der Waals surface area (Å²) >= 11 is 0. The van der Waals surface area contributed by atoms with Gasteiger partial charge in [0.2, 0.25) is 11.8 Å². The Morgan fingerprint density at radius 3 is 2.89 bits per heavy atom. The Morgan fingerprint density at radius 1 is 1.44 bits per heavy atom. The Kier molecular flexibility index (Phi) is 3.28. The highest BCUT2D eigenvalue weighted by atomic mass is 16.2. The first-order valence-corrected chi connectivity index (χ1v) is 5.71. The van der Waals surface area contributed by atoms with E-state index in [1.807, 2.05) is 13.0 Å². The average molecular weight is 243 g/mol. The van der Waals surface area contributed by atoms with Crippen LogP contribution < -0.4 is 10.6 Å². The molecule has 0 aliphatic carbocycles. The molecule has 0 spiro atoms. The fourth-order valence-electron chi connectivity index (χ4n) is 1.90. The molecule has 1 aromatic carbocycles. The Hall–Kier alpha value is -2.35. The van der Waals surface area contributed by atoms with E-state index >= 15 is 0 Å². The Balaban J connectivity index is 2.17. The number of hydrogen-bond donors (Lipinski definition) is 2. The van der Waals surface area contributed by atoms with E-state index in [0.717, 1.165) is 5.56 Å². The number of nitrogens with zero attached hydrogens (tertiary/aromatic N) is 1. The maximum absolute atomic E-state index is 11.6. The number of imide groups is 1. The first-order valence-electron chi connectivity index (χ1n) is 5.71. The van der Waals surface area contributed by atoms with Gasteiger partial charge < -0.3 is 5.32 Å². The van der Waals surface area contributed by atoms with Crippen LogP contribution in [0.5, 0.6) is 0 Å². The van der Waals surface area contributed by atoms with Crippen LogP contribution in [0, 0.1) is 18.3 Å².